The lowest BCUT2D eigenvalue weighted by atomic mass is 10.5. The Kier molecular flexibility index (Phi) is 2.58. The van der Waals surface area contributed by atoms with Crippen molar-refractivity contribution in [3.63, 3.8) is 0 Å². The van der Waals surface area contributed by atoms with Crippen molar-refractivity contribution >= 4 is 11.5 Å². The fourth-order valence-electron chi connectivity index (χ4n) is 1.64. The maximum Gasteiger partial charge on any atom is 0.332 e. The van der Waals surface area contributed by atoms with Crippen LogP contribution in [0.25, 0.3) is 0 Å². The maximum absolute atomic E-state index is 10.8. The Bertz CT molecular complexity index is 550. The summed E-state index contributed by atoms with van der Waals surface area (Å²) in [5.41, 5.74) is 4.81. The van der Waals surface area contributed by atoms with E-state index in [2.05, 4.69) is 10.5 Å². The van der Waals surface area contributed by atoms with Crippen molar-refractivity contribution in [3.8, 4) is 0 Å². The number of nitrogens with one attached hydrogen (secondary N) is 1. The van der Waals surface area contributed by atoms with Crippen LogP contribution in [0.15, 0.2) is 18.3 Å². The van der Waals surface area contributed by atoms with Gasteiger partial charge in [0.05, 0.1) is 4.92 Å². The molecule has 0 atom stereocenters. The van der Waals surface area contributed by atoms with E-state index < -0.39 is 4.92 Å². The van der Waals surface area contributed by atoms with E-state index in [1.54, 1.807) is 11.7 Å². The zero-order valence-corrected chi connectivity index (χ0v) is 9.84. The van der Waals surface area contributed by atoms with Crippen molar-refractivity contribution in [2.45, 2.75) is 13.8 Å². The molecule has 17 heavy (non-hydrogen) atoms. The summed E-state index contributed by atoms with van der Waals surface area (Å²) in [6.07, 6.45) is 1.37. The summed E-state index contributed by atoms with van der Waals surface area (Å²) < 4.78 is 3.17. The first kappa shape index (κ1) is 11.2. The van der Waals surface area contributed by atoms with Crippen LogP contribution >= 0.6 is 0 Å². The van der Waals surface area contributed by atoms with Crippen molar-refractivity contribution in [1.29, 1.82) is 0 Å². The van der Waals surface area contributed by atoms with Gasteiger partial charge in [0.25, 0.3) is 0 Å². The van der Waals surface area contributed by atoms with Crippen LogP contribution in [0.1, 0.15) is 11.4 Å². The lowest BCUT2D eigenvalue weighted by Gasteiger charge is -2.09. The highest BCUT2D eigenvalue weighted by atomic mass is 16.6. The number of aryl methyl sites for hydroxylation is 3. The van der Waals surface area contributed by atoms with Gasteiger partial charge in [-0.2, -0.15) is 0 Å². The summed E-state index contributed by atoms with van der Waals surface area (Å²) in [4.78, 5) is 10.4. The van der Waals surface area contributed by atoms with Crippen LogP contribution in [0, 0.1) is 24.0 Å². The normalized spacial score (nSPS) is 10.5. The Morgan fingerprint density at radius 1 is 1.35 bits per heavy atom. The van der Waals surface area contributed by atoms with Crippen LogP contribution in [-0.4, -0.2) is 19.4 Å². The largest absolute Gasteiger partial charge is 0.332 e. The molecule has 7 nitrogen and oxygen atoms in total. The Morgan fingerprint density at radius 3 is 2.47 bits per heavy atom. The zero-order chi connectivity index (χ0) is 12.6. The van der Waals surface area contributed by atoms with Gasteiger partial charge in [-0.3, -0.25) is 24.9 Å². The van der Waals surface area contributed by atoms with E-state index in [9.17, 15) is 10.1 Å². The molecule has 7 heteroatoms. The number of hydrogen-bond donors (Lipinski definition) is 1. The first-order chi connectivity index (χ1) is 7.99. The third-order valence-corrected chi connectivity index (χ3v) is 2.50. The fraction of sp³-hybridized carbons (Fsp3) is 0.300. The molecule has 2 aromatic heterocycles. The SMILES string of the molecule is Cc1ccc(C)n1Nc1nn(C)cc1[N+](=O)[O-]. The van der Waals surface area contributed by atoms with Crippen LogP contribution < -0.4 is 5.43 Å². The molecule has 0 bridgehead atoms. The molecule has 0 aliphatic heterocycles. The Balaban J connectivity index is 2.39. The molecule has 2 rings (SSSR count). The summed E-state index contributed by atoms with van der Waals surface area (Å²) in [7, 11) is 1.65. The van der Waals surface area contributed by atoms with Gasteiger partial charge in [0.1, 0.15) is 6.20 Å². The monoisotopic (exact) mass is 235 g/mol. The van der Waals surface area contributed by atoms with Crippen LogP contribution in [0.2, 0.25) is 0 Å². The molecule has 0 saturated carbocycles. The lowest BCUT2D eigenvalue weighted by Crippen LogP contribution is -2.13. The Hall–Kier alpha value is -2.31. The van der Waals surface area contributed by atoms with E-state index in [1.807, 2.05) is 26.0 Å². The number of anilines is 1. The first-order valence-corrected chi connectivity index (χ1v) is 5.09. The molecule has 90 valence electrons. The molecule has 0 aliphatic carbocycles. The van der Waals surface area contributed by atoms with Gasteiger partial charge in [-0.1, -0.05) is 0 Å². The van der Waals surface area contributed by atoms with Gasteiger partial charge >= 0.3 is 5.69 Å². The van der Waals surface area contributed by atoms with Crippen molar-refractivity contribution in [2.75, 3.05) is 5.43 Å². The van der Waals surface area contributed by atoms with E-state index in [1.165, 1.54) is 10.9 Å². The summed E-state index contributed by atoms with van der Waals surface area (Å²) in [5, 5.41) is 14.9. The predicted molar refractivity (Wildman–Crippen MR) is 62.8 cm³/mol. The van der Waals surface area contributed by atoms with Crippen LogP contribution in [0.4, 0.5) is 11.5 Å². The number of rotatable bonds is 3. The smallest absolute Gasteiger partial charge is 0.270 e. The van der Waals surface area contributed by atoms with Gasteiger partial charge in [-0.15, -0.1) is 5.10 Å². The first-order valence-electron chi connectivity index (χ1n) is 5.09. The van der Waals surface area contributed by atoms with Crippen LogP contribution in [0.5, 0.6) is 0 Å². The molecular weight excluding hydrogens is 222 g/mol. The number of hydrogen-bond acceptors (Lipinski definition) is 4. The van der Waals surface area contributed by atoms with Crippen molar-refractivity contribution in [1.82, 2.24) is 14.5 Å². The minimum Gasteiger partial charge on any atom is -0.270 e. The molecule has 0 spiro atoms. The maximum atomic E-state index is 10.8. The van der Waals surface area contributed by atoms with E-state index in [4.69, 9.17) is 0 Å². The molecule has 0 aromatic carbocycles. The number of aromatic nitrogens is 3. The summed E-state index contributed by atoms with van der Waals surface area (Å²) in [5.74, 6) is 0.236. The summed E-state index contributed by atoms with van der Waals surface area (Å²) in [6.45, 7) is 3.82. The van der Waals surface area contributed by atoms with E-state index in [0.717, 1.165) is 11.4 Å². The summed E-state index contributed by atoms with van der Waals surface area (Å²) in [6, 6.07) is 3.86. The van der Waals surface area contributed by atoms with E-state index in [0.29, 0.717) is 0 Å². The molecule has 0 aliphatic rings. The second kappa shape index (κ2) is 3.93. The van der Waals surface area contributed by atoms with Gasteiger partial charge in [0.15, 0.2) is 0 Å². The Labute approximate surface area is 97.8 Å². The molecule has 0 fully saturated rings. The van der Waals surface area contributed by atoms with E-state index >= 15 is 0 Å². The third kappa shape index (κ3) is 1.99. The van der Waals surface area contributed by atoms with Gasteiger partial charge in [-0.25, -0.2) is 0 Å². The average Bonchev–Trinajstić information content (AvgIpc) is 2.76. The molecule has 1 N–H and O–H groups in total. The quantitative estimate of drug-likeness (QED) is 0.647. The molecule has 0 saturated heterocycles. The van der Waals surface area contributed by atoms with Crippen molar-refractivity contribution in [2.24, 2.45) is 7.05 Å². The fourth-order valence-corrected chi connectivity index (χ4v) is 1.64. The summed E-state index contributed by atoms with van der Waals surface area (Å²) >= 11 is 0. The van der Waals surface area contributed by atoms with Crippen molar-refractivity contribution in [3.05, 3.63) is 39.8 Å². The minimum atomic E-state index is -0.455. The lowest BCUT2D eigenvalue weighted by molar-refractivity contribution is -0.384. The van der Waals surface area contributed by atoms with Gasteiger partial charge in [0.2, 0.25) is 5.82 Å². The van der Waals surface area contributed by atoms with Gasteiger partial charge in [0, 0.05) is 18.4 Å². The molecule has 2 aromatic rings. The van der Waals surface area contributed by atoms with Crippen molar-refractivity contribution < 1.29 is 4.92 Å². The zero-order valence-electron chi connectivity index (χ0n) is 9.84. The molecule has 0 amide bonds. The van der Waals surface area contributed by atoms with Crippen LogP contribution in [-0.2, 0) is 7.05 Å². The molecule has 0 unspecified atom stereocenters. The number of nitro groups is 1. The second-order valence-electron chi connectivity index (χ2n) is 3.86. The topological polar surface area (TPSA) is 77.9 Å². The van der Waals surface area contributed by atoms with E-state index in [-0.39, 0.29) is 11.5 Å². The minimum absolute atomic E-state index is 0.0417. The van der Waals surface area contributed by atoms with Gasteiger partial charge < -0.3 is 0 Å². The molecule has 2 heterocycles. The second-order valence-corrected chi connectivity index (χ2v) is 3.86. The average molecular weight is 235 g/mol. The number of nitrogens with zero attached hydrogens (tertiary/aromatic N) is 4. The van der Waals surface area contributed by atoms with Gasteiger partial charge in [-0.05, 0) is 26.0 Å². The highest BCUT2D eigenvalue weighted by molar-refractivity contribution is 5.54. The molecular formula is C10H13N5O2. The predicted octanol–water partition coefficient (Wildman–Crippen LogP) is 1.62. The third-order valence-electron chi connectivity index (χ3n) is 2.50. The molecule has 0 radical (unpaired) electrons. The Morgan fingerprint density at radius 2 is 1.94 bits per heavy atom. The standard InChI is InChI=1S/C10H13N5O2/c1-7-4-5-8(2)14(7)12-10-9(15(16)17)6-13(3)11-10/h4-6H,1-3H3,(H,11,12). The van der Waals surface area contributed by atoms with Crippen LogP contribution in [0.3, 0.4) is 0 Å². The highest BCUT2D eigenvalue weighted by Gasteiger charge is 2.19. The highest BCUT2D eigenvalue weighted by Crippen LogP contribution is 2.22.